The van der Waals surface area contributed by atoms with Crippen molar-refractivity contribution in [3.8, 4) is 0 Å². The molecule has 1 aromatic heterocycles. The van der Waals surface area contributed by atoms with Crippen LogP contribution in [0.5, 0.6) is 0 Å². The number of hydrogen-bond donors (Lipinski definition) is 0. The SMILES string of the molecule is COCc1cccc2ccsc12. The summed E-state index contributed by atoms with van der Waals surface area (Å²) in [5.41, 5.74) is 1.28. The van der Waals surface area contributed by atoms with E-state index in [-0.39, 0.29) is 0 Å². The maximum Gasteiger partial charge on any atom is 0.0727 e. The van der Waals surface area contributed by atoms with Crippen LogP contribution in [0.4, 0.5) is 0 Å². The molecule has 2 aromatic rings. The molecule has 0 radical (unpaired) electrons. The zero-order valence-corrected chi connectivity index (χ0v) is 7.73. The summed E-state index contributed by atoms with van der Waals surface area (Å²) in [6.07, 6.45) is 0. The Balaban J connectivity index is 2.57. The molecule has 0 N–H and O–H groups in total. The van der Waals surface area contributed by atoms with Gasteiger partial charge in [0.1, 0.15) is 0 Å². The fourth-order valence-corrected chi connectivity index (χ4v) is 2.23. The van der Waals surface area contributed by atoms with Crippen molar-refractivity contribution in [3.63, 3.8) is 0 Å². The van der Waals surface area contributed by atoms with E-state index in [4.69, 9.17) is 4.74 Å². The molecule has 1 aromatic carbocycles. The molecule has 1 nitrogen and oxygen atoms in total. The molecule has 62 valence electrons. The third kappa shape index (κ3) is 1.24. The molecule has 2 heteroatoms. The van der Waals surface area contributed by atoms with Crippen LogP contribution in [-0.2, 0) is 11.3 Å². The van der Waals surface area contributed by atoms with Gasteiger partial charge in [-0.2, -0.15) is 0 Å². The minimum atomic E-state index is 0.706. The average Bonchev–Trinajstić information content (AvgIpc) is 2.53. The molecular formula is C10H10OS. The van der Waals surface area contributed by atoms with E-state index in [2.05, 4.69) is 29.6 Å². The predicted molar refractivity (Wildman–Crippen MR) is 52.5 cm³/mol. The number of ether oxygens (including phenoxy) is 1. The predicted octanol–water partition coefficient (Wildman–Crippen LogP) is 3.05. The fraction of sp³-hybridized carbons (Fsp3) is 0.200. The van der Waals surface area contributed by atoms with Crippen molar-refractivity contribution in [1.82, 2.24) is 0 Å². The standard InChI is InChI=1S/C10H10OS/c1-11-7-9-4-2-3-8-5-6-12-10(8)9/h2-6H,7H2,1H3. The highest BCUT2D eigenvalue weighted by molar-refractivity contribution is 7.17. The van der Waals surface area contributed by atoms with Gasteiger partial charge in [0.05, 0.1) is 6.61 Å². The maximum absolute atomic E-state index is 5.11. The van der Waals surface area contributed by atoms with Crippen molar-refractivity contribution >= 4 is 21.4 Å². The first kappa shape index (κ1) is 7.77. The quantitative estimate of drug-likeness (QED) is 0.686. The van der Waals surface area contributed by atoms with E-state index >= 15 is 0 Å². The summed E-state index contributed by atoms with van der Waals surface area (Å²) >= 11 is 1.77. The normalized spacial score (nSPS) is 10.8. The highest BCUT2D eigenvalue weighted by atomic mass is 32.1. The van der Waals surface area contributed by atoms with Crippen LogP contribution >= 0.6 is 11.3 Å². The van der Waals surface area contributed by atoms with E-state index < -0.39 is 0 Å². The number of fused-ring (bicyclic) bond motifs is 1. The third-order valence-corrected chi connectivity index (χ3v) is 2.87. The second kappa shape index (κ2) is 3.25. The van der Waals surface area contributed by atoms with Crippen LogP contribution < -0.4 is 0 Å². The summed E-state index contributed by atoms with van der Waals surface area (Å²) in [6.45, 7) is 0.706. The second-order valence-corrected chi connectivity index (χ2v) is 3.61. The zero-order valence-electron chi connectivity index (χ0n) is 6.91. The molecule has 0 fully saturated rings. The Morgan fingerprint density at radius 1 is 1.33 bits per heavy atom. The Labute approximate surface area is 75.6 Å². The van der Waals surface area contributed by atoms with Gasteiger partial charge in [0, 0.05) is 11.8 Å². The minimum Gasteiger partial charge on any atom is -0.380 e. The maximum atomic E-state index is 5.11. The Hall–Kier alpha value is -0.860. The Morgan fingerprint density at radius 2 is 2.25 bits per heavy atom. The Morgan fingerprint density at radius 3 is 3.08 bits per heavy atom. The van der Waals surface area contributed by atoms with Crippen LogP contribution in [0.25, 0.3) is 10.1 Å². The van der Waals surface area contributed by atoms with E-state index in [9.17, 15) is 0 Å². The van der Waals surface area contributed by atoms with Gasteiger partial charge in [0.25, 0.3) is 0 Å². The lowest BCUT2D eigenvalue weighted by Gasteiger charge is -1.99. The van der Waals surface area contributed by atoms with E-state index in [0.29, 0.717) is 6.61 Å². The molecule has 0 unspecified atom stereocenters. The highest BCUT2D eigenvalue weighted by Gasteiger charge is 1.99. The lowest BCUT2D eigenvalue weighted by Crippen LogP contribution is -1.85. The third-order valence-electron chi connectivity index (χ3n) is 1.86. The van der Waals surface area contributed by atoms with Gasteiger partial charge >= 0.3 is 0 Å². The van der Waals surface area contributed by atoms with Gasteiger partial charge in [-0.3, -0.25) is 0 Å². The first-order valence-corrected chi connectivity index (χ1v) is 4.74. The average molecular weight is 178 g/mol. The van der Waals surface area contributed by atoms with Crippen molar-refractivity contribution in [1.29, 1.82) is 0 Å². The van der Waals surface area contributed by atoms with Gasteiger partial charge in [0.2, 0.25) is 0 Å². The second-order valence-electron chi connectivity index (χ2n) is 2.69. The van der Waals surface area contributed by atoms with Crippen molar-refractivity contribution in [2.24, 2.45) is 0 Å². The molecule has 1 heterocycles. The molecule has 0 spiro atoms. The van der Waals surface area contributed by atoms with Crippen LogP contribution in [0.3, 0.4) is 0 Å². The van der Waals surface area contributed by atoms with Gasteiger partial charge in [-0.25, -0.2) is 0 Å². The summed E-state index contributed by atoms with van der Waals surface area (Å²) in [7, 11) is 1.73. The van der Waals surface area contributed by atoms with Crippen molar-refractivity contribution in [2.75, 3.05) is 7.11 Å². The van der Waals surface area contributed by atoms with E-state index in [0.717, 1.165) is 0 Å². The van der Waals surface area contributed by atoms with Crippen LogP contribution in [0, 0.1) is 0 Å². The monoisotopic (exact) mass is 178 g/mol. The molecule has 0 bridgehead atoms. The van der Waals surface area contributed by atoms with Gasteiger partial charge in [0.15, 0.2) is 0 Å². The van der Waals surface area contributed by atoms with Crippen molar-refractivity contribution < 1.29 is 4.74 Å². The number of thiophene rings is 1. The minimum absolute atomic E-state index is 0.706. The number of hydrogen-bond acceptors (Lipinski definition) is 2. The summed E-state index contributed by atoms with van der Waals surface area (Å²) < 4.78 is 6.46. The van der Waals surface area contributed by atoms with E-state index in [1.807, 2.05) is 0 Å². The molecule has 0 atom stereocenters. The largest absolute Gasteiger partial charge is 0.380 e. The van der Waals surface area contributed by atoms with Crippen molar-refractivity contribution in [3.05, 3.63) is 35.2 Å². The molecule has 0 amide bonds. The highest BCUT2D eigenvalue weighted by Crippen LogP contribution is 2.24. The molecule has 0 aliphatic heterocycles. The molecular weight excluding hydrogens is 168 g/mol. The molecule has 0 saturated heterocycles. The number of rotatable bonds is 2. The number of methoxy groups -OCH3 is 1. The van der Waals surface area contributed by atoms with E-state index in [1.54, 1.807) is 18.4 Å². The summed E-state index contributed by atoms with van der Waals surface area (Å²) in [4.78, 5) is 0. The first-order chi connectivity index (χ1) is 5.92. The van der Waals surface area contributed by atoms with Gasteiger partial charge in [-0.15, -0.1) is 11.3 Å². The molecule has 0 aliphatic rings. The van der Waals surface area contributed by atoms with E-state index in [1.165, 1.54) is 15.6 Å². The van der Waals surface area contributed by atoms with Crippen LogP contribution in [0.15, 0.2) is 29.6 Å². The Kier molecular flexibility index (Phi) is 2.11. The lowest BCUT2D eigenvalue weighted by atomic mass is 10.2. The van der Waals surface area contributed by atoms with Gasteiger partial charge < -0.3 is 4.74 Å². The summed E-state index contributed by atoms with van der Waals surface area (Å²) in [5, 5.41) is 3.43. The smallest absolute Gasteiger partial charge is 0.0727 e. The molecule has 0 saturated carbocycles. The molecule has 0 aliphatic carbocycles. The lowest BCUT2D eigenvalue weighted by molar-refractivity contribution is 0.186. The van der Waals surface area contributed by atoms with Crippen LogP contribution in [-0.4, -0.2) is 7.11 Å². The molecule has 2 rings (SSSR count). The van der Waals surface area contributed by atoms with Crippen molar-refractivity contribution in [2.45, 2.75) is 6.61 Å². The van der Waals surface area contributed by atoms with Gasteiger partial charge in [-0.1, -0.05) is 18.2 Å². The Bertz CT molecular complexity index is 378. The van der Waals surface area contributed by atoms with Crippen LogP contribution in [0.2, 0.25) is 0 Å². The summed E-state index contributed by atoms with van der Waals surface area (Å²) in [5.74, 6) is 0. The number of benzene rings is 1. The zero-order chi connectivity index (χ0) is 8.39. The first-order valence-electron chi connectivity index (χ1n) is 3.86. The fourth-order valence-electron chi connectivity index (χ4n) is 1.32. The van der Waals surface area contributed by atoms with Gasteiger partial charge in [-0.05, 0) is 22.4 Å². The van der Waals surface area contributed by atoms with Crippen LogP contribution in [0.1, 0.15) is 5.56 Å². The summed E-state index contributed by atoms with van der Waals surface area (Å²) in [6, 6.07) is 8.45. The molecule has 12 heavy (non-hydrogen) atoms. The topological polar surface area (TPSA) is 9.23 Å².